The lowest BCUT2D eigenvalue weighted by Gasteiger charge is -2.47. The molecule has 7 heteroatoms. The van der Waals surface area contributed by atoms with Gasteiger partial charge in [-0.05, 0) is 67.7 Å². The van der Waals surface area contributed by atoms with Gasteiger partial charge in [0.25, 0.3) is 0 Å². The number of rotatable bonds is 5. The highest BCUT2D eigenvalue weighted by molar-refractivity contribution is 5.83. The Morgan fingerprint density at radius 2 is 2.03 bits per heavy atom. The number of fused-ring (bicyclic) bond motifs is 3. The first kappa shape index (κ1) is 22.6. The lowest BCUT2D eigenvalue weighted by atomic mass is 9.89. The molecule has 4 heterocycles. The van der Waals surface area contributed by atoms with Crippen molar-refractivity contribution < 1.29 is 9.84 Å². The maximum atomic E-state index is 10.3. The van der Waals surface area contributed by atoms with Gasteiger partial charge in [0.1, 0.15) is 11.4 Å². The summed E-state index contributed by atoms with van der Waals surface area (Å²) in [4.78, 5) is 10.4. The van der Waals surface area contributed by atoms with Crippen LogP contribution < -0.4 is 20.3 Å². The minimum absolute atomic E-state index is 0.168. The summed E-state index contributed by atoms with van der Waals surface area (Å²) >= 11 is 0. The molecule has 1 unspecified atom stereocenters. The molecule has 1 aliphatic carbocycles. The first-order valence-corrected chi connectivity index (χ1v) is 13.4. The molecule has 0 bridgehead atoms. The van der Waals surface area contributed by atoms with E-state index in [1.54, 1.807) is 6.20 Å². The Kier molecular flexibility index (Phi) is 5.55. The van der Waals surface area contributed by atoms with Crippen LogP contribution in [0, 0.1) is 0 Å². The molecule has 4 N–H and O–H groups in total. The number of aliphatic hydroxyl groups is 1. The number of ether oxygens (including phenoxy) is 1. The van der Waals surface area contributed by atoms with E-state index in [4.69, 9.17) is 4.74 Å². The van der Waals surface area contributed by atoms with Crippen LogP contribution in [0.5, 0.6) is 5.75 Å². The number of aromatic amines is 1. The first-order chi connectivity index (χ1) is 18.2. The van der Waals surface area contributed by atoms with Gasteiger partial charge in [0.05, 0.1) is 24.0 Å². The molecule has 0 radical (unpaired) electrons. The van der Waals surface area contributed by atoms with Crippen molar-refractivity contribution in [1.82, 2.24) is 15.3 Å². The molecule has 3 aliphatic rings. The SMILES string of the molecule is OC1CCc2c(Nc3ccc4c(c3)OC3(CCNCC3)CN4CCc3c[nH]c4ccccc34)ccnc21. The largest absolute Gasteiger partial charge is 0.483 e. The van der Waals surface area contributed by atoms with Gasteiger partial charge in [0.2, 0.25) is 0 Å². The fraction of sp³-hybridized carbons (Fsp3) is 0.367. The molecule has 1 saturated heterocycles. The molecule has 37 heavy (non-hydrogen) atoms. The summed E-state index contributed by atoms with van der Waals surface area (Å²) in [5.74, 6) is 0.947. The molecule has 0 saturated carbocycles. The molecule has 190 valence electrons. The van der Waals surface area contributed by atoms with Crippen LogP contribution in [0.1, 0.15) is 42.2 Å². The Balaban J connectivity index is 1.18. The Bertz CT molecular complexity index is 1440. The summed E-state index contributed by atoms with van der Waals surface area (Å²) < 4.78 is 6.81. The highest BCUT2D eigenvalue weighted by Gasteiger charge is 2.41. The summed E-state index contributed by atoms with van der Waals surface area (Å²) in [5, 5.41) is 18.7. The van der Waals surface area contributed by atoms with Crippen LogP contribution in [-0.2, 0) is 12.8 Å². The van der Waals surface area contributed by atoms with Crippen LogP contribution in [0.15, 0.2) is 60.9 Å². The number of hydrogen-bond acceptors (Lipinski definition) is 6. The maximum absolute atomic E-state index is 10.3. The number of benzene rings is 2. The van der Waals surface area contributed by atoms with Crippen LogP contribution in [0.4, 0.5) is 17.1 Å². The van der Waals surface area contributed by atoms with Gasteiger partial charge >= 0.3 is 0 Å². The van der Waals surface area contributed by atoms with Gasteiger partial charge in [0.15, 0.2) is 0 Å². The van der Waals surface area contributed by atoms with E-state index in [0.717, 1.165) is 92.4 Å². The lowest BCUT2D eigenvalue weighted by Crippen LogP contribution is -2.56. The molecule has 7 nitrogen and oxygen atoms in total. The van der Waals surface area contributed by atoms with Crippen molar-refractivity contribution in [2.45, 2.75) is 43.8 Å². The quantitative estimate of drug-likeness (QED) is 0.317. The second-order valence-electron chi connectivity index (χ2n) is 10.7. The average molecular weight is 496 g/mol. The van der Waals surface area contributed by atoms with E-state index in [0.29, 0.717) is 0 Å². The zero-order valence-electron chi connectivity index (χ0n) is 21.0. The summed E-state index contributed by atoms with van der Waals surface area (Å²) in [7, 11) is 0. The second kappa shape index (κ2) is 9.08. The van der Waals surface area contributed by atoms with E-state index < -0.39 is 6.10 Å². The van der Waals surface area contributed by atoms with Gasteiger partial charge < -0.3 is 30.4 Å². The average Bonchev–Trinajstić information content (AvgIpc) is 3.51. The molecule has 1 fully saturated rings. The molecule has 2 aliphatic heterocycles. The molecule has 4 aromatic rings. The van der Waals surface area contributed by atoms with E-state index in [1.807, 2.05) is 6.07 Å². The Labute approximate surface area is 216 Å². The zero-order chi connectivity index (χ0) is 24.8. The molecular weight excluding hydrogens is 462 g/mol. The highest BCUT2D eigenvalue weighted by atomic mass is 16.5. The molecule has 1 atom stereocenters. The van der Waals surface area contributed by atoms with Crippen LogP contribution in [0.2, 0.25) is 0 Å². The summed E-state index contributed by atoms with van der Waals surface area (Å²) in [6.07, 6.45) is 8.03. The van der Waals surface area contributed by atoms with Crippen LogP contribution in [0.3, 0.4) is 0 Å². The van der Waals surface area contributed by atoms with Gasteiger partial charge in [0, 0.05) is 60.1 Å². The van der Waals surface area contributed by atoms with E-state index in [-0.39, 0.29) is 5.60 Å². The molecule has 1 spiro atoms. The normalized spacial score (nSPS) is 20.0. The van der Waals surface area contributed by atoms with Crippen molar-refractivity contribution >= 4 is 28.0 Å². The summed E-state index contributed by atoms with van der Waals surface area (Å²) in [6.45, 7) is 3.81. The van der Waals surface area contributed by atoms with Gasteiger partial charge in [-0.25, -0.2) is 0 Å². The fourth-order valence-electron chi connectivity index (χ4n) is 6.32. The first-order valence-electron chi connectivity index (χ1n) is 13.4. The monoisotopic (exact) mass is 495 g/mol. The number of hydrogen-bond donors (Lipinski definition) is 4. The van der Waals surface area contributed by atoms with E-state index in [1.165, 1.54) is 16.5 Å². The molecule has 7 rings (SSSR count). The Morgan fingerprint density at radius 1 is 1.14 bits per heavy atom. The second-order valence-corrected chi connectivity index (χ2v) is 10.7. The van der Waals surface area contributed by atoms with Crippen LogP contribution in [-0.4, -0.2) is 46.9 Å². The topological polar surface area (TPSA) is 85.4 Å². The number of anilines is 3. The van der Waals surface area contributed by atoms with E-state index in [9.17, 15) is 5.11 Å². The van der Waals surface area contributed by atoms with Crippen molar-refractivity contribution in [3.63, 3.8) is 0 Å². The van der Waals surface area contributed by atoms with Gasteiger partial charge in [-0.2, -0.15) is 0 Å². The van der Waals surface area contributed by atoms with E-state index >= 15 is 0 Å². The van der Waals surface area contributed by atoms with Crippen LogP contribution in [0.25, 0.3) is 10.9 Å². The summed E-state index contributed by atoms with van der Waals surface area (Å²) in [5.41, 5.74) is 7.47. The number of nitrogens with zero attached hydrogens (tertiary/aromatic N) is 2. The minimum atomic E-state index is -0.464. The van der Waals surface area contributed by atoms with E-state index in [2.05, 4.69) is 74.2 Å². The molecule has 2 aromatic carbocycles. The number of nitrogens with one attached hydrogen (secondary N) is 3. The highest BCUT2D eigenvalue weighted by Crippen LogP contribution is 2.43. The number of aliphatic hydroxyl groups excluding tert-OH is 1. The van der Waals surface area contributed by atoms with Gasteiger partial charge in [-0.3, -0.25) is 4.98 Å². The van der Waals surface area contributed by atoms with Crippen molar-refractivity contribution in [3.8, 4) is 5.75 Å². The number of piperidine rings is 1. The van der Waals surface area contributed by atoms with Crippen molar-refractivity contribution in [1.29, 1.82) is 0 Å². The number of aromatic nitrogens is 2. The van der Waals surface area contributed by atoms with Gasteiger partial charge in [-0.1, -0.05) is 18.2 Å². The third-order valence-electron chi connectivity index (χ3n) is 8.30. The Morgan fingerprint density at radius 3 is 2.95 bits per heavy atom. The standard InChI is InChI=1S/C30H33N5O2/c36-27-8-6-23-25(9-13-32-29(23)27)34-21-5-7-26-28(17-21)37-30(11-14-31-15-12-30)19-35(26)16-10-20-18-33-24-4-2-1-3-22(20)24/h1-5,7,9,13,17-18,27,31,33,36H,6,8,10-12,14-16,19H2,(H,32,34). The number of pyridine rings is 1. The molecular formula is C30H33N5O2. The van der Waals surface area contributed by atoms with Crippen molar-refractivity contribution in [2.24, 2.45) is 0 Å². The zero-order valence-corrected chi connectivity index (χ0v) is 21.0. The van der Waals surface area contributed by atoms with Crippen molar-refractivity contribution in [3.05, 3.63) is 77.7 Å². The minimum Gasteiger partial charge on any atom is -0.483 e. The lowest BCUT2D eigenvalue weighted by molar-refractivity contribution is 0.0351. The Hall–Kier alpha value is -3.55. The smallest absolute Gasteiger partial charge is 0.145 e. The van der Waals surface area contributed by atoms with Crippen molar-refractivity contribution in [2.75, 3.05) is 36.4 Å². The molecule has 2 aromatic heterocycles. The number of para-hydroxylation sites is 1. The predicted octanol–water partition coefficient (Wildman–Crippen LogP) is 4.85. The fourth-order valence-corrected chi connectivity index (χ4v) is 6.32. The number of H-pyrrole nitrogens is 1. The molecule has 0 amide bonds. The third kappa shape index (κ3) is 4.12. The van der Waals surface area contributed by atoms with Crippen LogP contribution >= 0.6 is 0 Å². The third-order valence-corrected chi connectivity index (χ3v) is 8.30. The maximum Gasteiger partial charge on any atom is 0.145 e. The van der Waals surface area contributed by atoms with Gasteiger partial charge in [-0.15, -0.1) is 0 Å². The predicted molar refractivity (Wildman–Crippen MR) is 147 cm³/mol. The summed E-state index contributed by atoms with van der Waals surface area (Å²) in [6, 6.07) is 17.0.